The van der Waals surface area contributed by atoms with Gasteiger partial charge in [0.15, 0.2) is 10.8 Å². The number of allylic oxidation sites excluding steroid dienone is 1. The first-order valence-corrected chi connectivity index (χ1v) is 23.3. The first kappa shape index (κ1) is 57.2. The van der Waals surface area contributed by atoms with E-state index < -0.39 is 45.2 Å². The first-order chi connectivity index (χ1) is 31.8. The van der Waals surface area contributed by atoms with Crippen molar-refractivity contribution in [3.8, 4) is 0 Å². The van der Waals surface area contributed by atoms with Gasteiger partial charge in [0.1, 0.15) is 22.8 Å². The van der Waals surface area contributed by atoms with Crippen LogP contribution in [0.25, 0.3) is 0 Å². The molecule has 3 heterocycles. The largest absolute Gasteiger partial charge is 0.477 e. The Labute approximate surface area is 403 Å². The van der Waals surface area contributed by atoms with Crippen LogP contribution in [0.15, 0.2) is 125 Å². The minimum absolute atomic E-state index is 0.0926. The molecule has 2 aliphatic rings. The summed E-state index contributed by atoms with van der Waals surface area (Å²) in [6.07, 6.45) is 1.43. The Morgan fingerprint density at radius 1 is 0.824 bits per heavy atom. The van der Waals surface area contributed by atoms with Crippen LogP contribution in [0.3, 0.4) is 0 Å². The molecule has 2 atom stereocenters. The van der Waals surface area contributed by atoms with Crippen LogP contribution in [0, 0.1) is 0 Å². The molecule has 68 heavy (non-hydrogen) atoms. The van der Waals surface area contributed by atoms with Crippen molar-refractivity contribution in [2.24, 2.45) is 5.16 Å². The number of fused-ring (bicyclic) bond motifs is 1. The third-order valence-corrected chi connectivity index (χ3v) is 11.4. The van der Waals surface area contributed by atoms with Crippen LogP contribution in [-0.2, 0) is 49.6 Å². The number of hydrogen-bond donors (Lipinski definition) is 5. The molecule has 0 aliphatic carbocycles. The molecule has 6 N–H and O–H groups in total. The molecule has 6 rings (SSSR count). The van der Waals surface area contributed by atoms with Crippen molar-refractivity contribution in [3.63, 3.8) is 0 Å². The Bertz CT molecular complexity index is 2410. The van der Waals surface area contributed by atoms with Crippen LogP contribution in [-0.4, -0.2) is 148 Å². The van der Waals surface area contributed by atoms with E-state index in [0.29, 0.717) is 11.3 Å². The summed E-state index contributed by atoms with van der Waals surface area (Å²) < 4.78 is 31.6. The molecule has 20 nitrogen and oxygen atoms in total. The van der Waals surface area contributed by atoms with Crippen molar-refractivity contribution in [1.82, 2.24) is 29.9 Å². The minimum Gasteiger partial charge on any atom is -0.477 e. The van der Waals surface area contributed by atoms with E-state index in [-0.39, 0.29) is 40.0 Å². The van der Waals surface area contributed by atoms with Gasteiger partial charge in [0, 0.05) is 90.9 Å². The number of rotatable bonds is 10. The smallest absolute Gasteiger partial charge is 0.394 e. The lowest BCUT2D eigenvalue weighted by molar-refractivity contribution is -0.150. The fourth-order valence-corrected chi connectivity index (χ4v) is 7.29. The molecule has 3 aromatic carbocycles. The fourth-order valence-electron chi connectivity index (χ4n) is 5.40. The number of nitrogens with two attached hydrogens (primary N) is 1. The van der Waals surface area contributed by atoms with Gasteiger partial charge in [0.05, 0.1) is 0 Å². The second-order valence-electron chi connectivity index (χ2n) is 14.8. The molecule has 2 aliphatic heterocycles. The number of carboxylic acids is 1. The first-order valence-electron chi connectivity index (χ1n) is 20.0. The lowest BCUT2D eigenvalue weighted by atomic mass is 9.80. The molecule has 1 fully saturated rings. The van der Waals surface area contributed by atoms with E-state index in [2.05, 4.69) is 22.0 Å². The van der Waals surface area contributed by atoms with Crippen LogP contribution >= 0.6 is 23.1 Å². The molecular formula is C45H56N8O12S3. The van der Waals surface area contributed by atoms with Gasteiger partial charge >= 0.3 is 16.4 Å². The number of nitrogens with one attached hydrogen (secondary N) is 1. The van der Waals surface area contributed by atoms with E-state index in [1.807, 2.05) is 91.0 Å². The number of oxime groups is 1. The van der Waals surface area contributed by atoms with Crippen molar-refractivity contribution in [3.05, 3.63) is 143 Å². The van der Waals surface area contributed by atoms with E-state index in [4.69, 9.17) is 28.1 Å². The van der Waals surface area contributed by atoms with Gasteiger partial charge < -0.3 is 35.7 Å². The zero-order valence-corrected chi connectivity index (χ0v) is 41.3. The third kappa shape index (κ3) is 16.7. The zero-order valence-electron chi connectivity index (χ0n) is 38.9. The number of carbonyl (C=O) groups excluding carboxylic acids is 5. The number of hydrogen-bond acceptors (Lipinski definition) is 14. The molecule has 0 bridgehead atoms. The Hall–Kier alpha value is -6.92. The average molecular weight is 997 g/mol. The Kier molecular flexibility index (Phi) is 22.2. The molecule has 0 radical (unpaired) electrons. The van der Waals surface area contributed by atoms with Gasteiger partial charge in [0.25, 0.3) is 11.8 Å². The van der Waals surface area contributed by atoms with Crippen LogP contribution in [0.4, 0.5) is 5.13 Å². The predicted molar refractivity (Wildman–Crippen MR) is 261 cm³/mol. The number of thioether (sulfide) groups is 1. The summed E-state index contributed by atoms with van der Waals surface area (Å²) in [7, 11) is 5.68. The molecule has 1 saturated heterocycles. The van der Waals surface area contributed by atoms with Crippen molar-refractivity contribution in [2.45, 2.75) is 37.8 Å². The van der Waals surface area contributed by atoms with E-state index in [1.165, 1.54) is 58.2 Å². The SMILES string of the molecule is C=CC1=C(C(=O)O)N2C(=O)C(NC(=O)/C(=N/OC(c3ccccc3)(c3ccccc3)c3ccccc3)c3csc(N)n3)C2SC1.CC(=O)N(C)C.CC(=O)N(C)C.CC(=O)N(C)C.O=S(=O)(O)O. The molecule has 4 aromatic rings. The van der Waals surface area contributed by atoms with Gasteiger partial charge in [-0.1, -0.05) is 109 Å². The summed E-state index contributed by atoms with van der Waals surface area (Å²) in [6, 6.07) is 27.6. The second kappa shape index (κ2) is 26.4. The third-order valence-electron chi connectivity index (χ3n) is 9.42. The highest BCUT2D eigenvalue weighted by molar-refractivity contribution is 8.00. The van der Waals surface area contributed by atoms with Crippen LogP contribution in [0.2, 0.25) is 0 Å². The van der Waals surface area contributed by atoms with Crippen molar-refractivity contribution in [2.75, 3.05) is 53.8 Å². The fraction of sp³-hybridized carbons (Fsp3) is 0.289. The highest BCUT2D eigenvalue weighted by Gasteiger charge is 2.54. The number of anilines is 1. The van der Waals surface area contributed by atoms with E-state index >= 15 is 0 Å². The topological polar surface area (TPSA) is 283 Å². The van der Waals surface area contributed by atoms with Gasteiger partial charge in [0.2, 0.25) is 23.3 Å². The summed E-state index contributed by atoms with van der Waals surface area (Å²) in [5.74, 6) is -1.91. The minimum atomic E-state index is -4.67. The lowest BCUT2D eigenvalue weighted by Crippen LogP contribution is -2.71. The predicted octanol–water partition coefficient (Wildman–Crippen LogP) is 3.99. The molecule has 23 heteroatoms. The van der Waals surface area contributed by atoms with E-state index in [0.717, 1.165) is 28.0 Å². The zero-order chi connectivity index (χ0) is 51.5. The Morgan fingerprint density at radius 2 is 1.21 bits per heavy atom. The highest BCUT2D eigenvalue weighted by Crippen LogP contribution is 2.42. The van der Waals surface area contributed by atoms with Crippen molar-refractivity contribution >= 4 is 79.8 Å². The number of nitrogen functional groups attached to an aromatic ring is 1. The van der Waals surface area contributed by atoms with Gasteiger partial charge in [-0.3, -0.25) is 38.0 Å². The normalized spacial score (nSPS) is 14.9. The quantitative estimate of drug-likeness (QED) is 0.0494. The average Bonchev–Trinajstić information content (AvgIpc) is 3.72. The summed E-state index contributed by atoms with van der Waals surface area (Å²) in [6.45, 7) is 8.25. The summed E-state index contributed by atoms with van der Waals surface area (Å²) in [5.41, 5.74) is 7.23. The van der Waals surface area contributed by atoms with Crippen LogP contribution in [0.1, 0.15) is 43.2 Å². The molecule has 5 amide bonds. The Balaban J connectivity index is 0.000000570. The van der Waals surface area contributed by atoms with E-state index in [9.17, 15) is 33.9 Å². The lowest BCUT2D eigenvalue weighted by Gasteiger charge is -2.49. The van der Waals surface area contributed by atoms with E-state index in [1.54, 1.807) is 47.7 Å². The number of carbonyl (C=O) groups is 6. The standard InChI is InChI=1S/C33H27N5O5S2.3C4H9NO.H2O4S/c1-2-20-18-44-30-26(29(40)38(30)27(20)31(41)42)36-28(39)25(24-19-45-32(34)35-24)37-43-33(21-12-6-3-7-13-21,22-14-8-4-9-15-22)23-16-10-5-11-17-23;3*1-4(6)5(2)3;1-5(2,3)4/h2-17,19,26,30H,1,18H2,(H2,34,35)(H,36,39)(H,41,42);3*1-3H3;(H2,1,2,3,4)/b37-25+;;;;. The maximum absolute atomic E-state index is 13.9. The van der Waals surface area contributed by atoms with Crippen LogP contribution in [0.5, 0.6) is 0 Å². The number of aromatic nitrogens is 1. The maximum atomic E-state index is 13.9. The monoisotopic (exact) mass is 996 g/mol. The Morgan fingerprint density at radius 3 is 1.51 bits per heavy atom. The number of benzene rings is 3. The molecule has 2 unspecified atom stereocenters. The molecule has 366 valence electrons. The van der Waals surface area contributed by atoms with Gasteiger partial charge in [-0.2, -0.15) is 8.42 Å². The number of aliphatic carboxylic acids is 1. The summed E-state index contributed by atoms with van der Waals surface area (Å²) in [5, 5.41) is 18.2. The number of thiazole rings is 1. The number of β-lactam (4-membered cyclic amide) rings is 1. The highest BCUT2D eigenvalue weighted by atomic mass is 32.3. The number of nitrogens with zero attached hydrogens (tertiary/aromatic N) is 6. The van der Waals surface area contributed by atoms with Crippen molar-refractivity contribution < 1.29 is 56.2 Å². The molecular weight excluding hydrogens is 941 g/mol. The number of amides is 5. The molecule has 0 spiro atoms. The van der Waals surface area contributed by atoms with Gasteiger partial charge in [-0.15, -0.1) is 23.1 Å². The summed E-state index contributed by atoms with van der Waals surface area (Å²) in [4.78, 5) is 85.9. The molecule has 1 aromatic heterocycles. The van der Waals surface area contributed by atoms with Gasteiger partial charge in [-0.25, -0.2) is 9.78 Å². The molecule has 0 saturated carbocycles. The maximum Gasteiger partial charge on any atom is 0.394 e. The number of carboxylic acid groups (broad SMARTS) is 1. The summed E-state index contributed by atoms with van der Waals surface area (Å²) >= 11 is 2.46. The van der Waals surface area contributed by atoms with Crippen molar-refractivity contribution in [1.29, 1.82) is 0 Å². The second-order valence-corrected chi connectivity index (χ2v) is 17.7. The van der Waals surface area contributed by atoms with Crippen LogP contribution < -0.4 is 11.1 Å². The van der Waals surface area contributed by atoms with Gasteiger partial charge in [-0.05, 0) is 5.57 Å².